The van der Waals surface area contributed by atoms with E-state index in [4.69, 9.17) is 9.47 Å². The number of nitrogens with zero attached hydrogens (tertiary/aromatic N) is 1. The first-order chi connectivity index (χ1) is 9.19. The number of cyclic esters (lactones) is 1. The molecule has 2 heterocycles. The number of methoxy groups -OCH3 is 1. The molecule has 2 saturated heterocycles. The predicted molar refractivity (Wildman–Crippen MR) is 71.3 cm³/mol. The zero-order chi connectivity index (χ0) is 13.4. The Hall–Kier alpha value is -1.71. The number of hydrogen-bond acceptors (Lipinski definition) is 3. The standard InChI is InChI=1S/C15H19NO3/c1-10-14-8-5-12(16(14)15(17)19-10)9-11-3-6-13(18-2)7-4-11/h3-4,6-7,10,12,14H,5,8-9H2,1-2H3/t10-,12+,14+/m1/s1. The Morgan fingerprint density at radius 3 is 2.74 bits per heavy atom. The molecule has 2 fully saturated rings. The minimum Gasteiger partial charge on any atom is -0.497 e. The monoisotopic (exact) mass is 261 g/mol. The third-order valence-electron chi connectivity index (χ3n) is 4.22. The van der Waals surface area contributed by atoms with E-state index >= 15 is 0 Å². The summed E-state index contributed by atoms with van der Waals surface area (Å²) in [6.45, 7) is 1.98. The Morgan fingerprint density at radius 1 is 1.32 bits per heavy atom. The summed E-state index contributed by atoms with van der Waals surface area (Å²) in [5, 5.41) is 0. The van der Waals surface area contributed by atoms with Crippen molar-refractivity contribution in [3.63, 3.8) is 0 Å². The average molecular weight is 261 g/mol. The molecule has 0 bridgehead atoms. The Labute approximate surface area is 113 Å². The van der Waals surface area contributed by atoms with Crippen molar-refractivity contribution in [2.45, 2.75) is 44.4 Å². The van der Waals surface area contributed by atoms with Crippen molar-refractivity contribution in [2.24, 2.45) is 0 Å². The summed E-state index contributed by atoms with van der Waals surface area (Å²) in [7, 11) is 1.66. The second-order valence-corrected chi connectivity index (χ2v) is 5.35. The van der Waals surface area contributed by atoms with Gasteiger partial charge in [-0.1, -0.05) is 12.1 Å². The van der Waals surface area contributed by atoms with E-state index in [0.717, 1.165) is 25.0 Å². The lowest BCUT2D eigenvalue weighted by molar-refractivity contribution is 0.130. The van der Waals surface area contributed by atoms with Gasteiger partial charge in [-0.3, -0.25) is 4.90 Å². The molecule has 1 amide bonds. The van der Waals surface area contributed by atoms with Gasteiger partial charge in [0.15, 0.2) is 0 Å². The largest absolute Gasteiger partial charge is 0.497 e. The van der Waals surface area contributed by atoms with Gasteiger partial charge in [-0.15, -0.1) is 0 Å². The molecule has 2 aliphatic rings. The number of amides is 1. The van der Waals surface area contributed by atoms with Crippen molar-refractivity contribution in [3.05, 3.63) is 29.8 Å². The molecule has 3 rings (SSSR count). The van der Waals surface area contributed by atoms with Crippen LogP contribution < -0.4 is 4.74 Å². The quantitative estimate of drug-likeness (QED) is 0.839. The predicted octanol–water partition coefficient (Wildman–Crippen LogP) is 2.61. The highest BCUT2D eigenvalue weighted by molar-refractivity contribution is 5.71. The summed E-state index contributed by atoms with van der Waals surface area (Å²) >= 11 is 0. The molecular formula is C15H19NO3. The van der Waals surface area contributed by atoms with Gasteiger partial charge in [0.25, 0.3) is 0 Å². The summed E-state index contributed by atoms with van der Waals surface area (Å²) in [5.41, 5.74) is 1.24. The van der Waals surface area contributed by atoms with Crippen LogP contribution in [0.25, 0.3) is 0 Å². The van der Waals surface area contributed by atoms with Crippen LogP contribution in [0.3, 0.4) is 0 Å². The minimum atomic E-state index is -0.145. The molecular weight excluding hydrogens is 242 g/mol. The van der Waals surface area contributed by atoms with Crippen molar-refractivity contribution in [2.75, 3.05) is 7.11 Å². The van der Waals surface area contributed by atoms with E-state index in [1.54, 1.807) is 7.11 Å². The first-order valence-corrected chi connectivity index (χ1v) is 6.81. The highest BCUT2D eigenvalue weighted by atomic mass is 16.6. The molecule has 1 aromatic carbocycles. The number of hydrogen-bond donors (Lipinski definition) is 0. The van der Waals surface area contributed by atoms with Crippen LogP contribution in [0.4, 0.5) is 4.79 Å². The van der Waals surface area contributed by atoms with Gasteiger partial charge in [-0.25, -0.2) is 4.79 Å². The second-order valence-electron chi connectivity index (χ2n) is 5.35. The van der Waals surface area contributed by atoms with Crippen LogP contribution in [0, 0.1) is 0 Å². The Balaban J connectivity index is 1.71. The van der Waals surface area contributed by atoms with Crippen LogP contribution in [-0.4, -0.2) is 36.3 Å². The summed E-state index contributed by atoms with van der Waals surface area (Å²) in [5.74, 6) is 0.863. The van der Waals surface area contributed by atoms with Crippen molar-refractivity contribution in [1.82, 2.24) is 4.90 Å². The third-order valence-corrected chi connectivity index (χ3v) is 4.22. The fourth-order valence-electron chi connectivity index (χ4n) is 3.19. The van der Waals surface area contributed by atoms with Crippen LogP contribution in [0.5, 0.6) is 5.75 Å². The molecule has 1 aromatic rings. The molecule has 0 N–H and O–H groups in total. The van der Waals surface area contributed by atoms with E-state index in [1.807, 2.05) is 24.0 Å². The summed E-state index contributed by atoms with van der Waals surface area (Å²) in [6.07, 6.45) is 2.90. The molecule has 0 aromatic heterocycles. The maximum absolute atomic E-state index is 11.9. The number of carbonyl (C=O) groups is 1. The number of rotatable bonds is 3. The first-order valence-electron chi connectivity index (χ1n) is 6.81. The topological polar surface area (TPSA) is 38.8 Å². The zero-order valence-electron chi connectivity index (χ0n) is 11.3. The van der Waals surface area contributed by atoms with Crippen molar-refractivity contribution in [3.8, 4) is 5.75 Å². The molecule has 0 radical (unpaired) electrons. The first kappa shape index (κ1) is 12.3. The van der Waals surface area contributed by atoms with Gasteiger partial charge in [-0.05, 0) is 43.9 Å². The van der Waals surface area contributed by atoms with E-state index < -0.39 is 0 Å². The lowest BCUT2D eigenvalue weighted by Gasteiger charge is -2.21. The molecule has 3 atom stereocenters. The fraction of sp³-hybridized carbons (Fsp3) is 0.533. The van der Waals surface area contributed by atoms with Gasteiger partial charge >= 0.3 is 6.09 Å². The Morgan fingerprint density at radius 2 is 2.05 bits per heavy atom. The molecule has 0 saturated carbocycles. The second kappa shape index (κ2) is 4.76. The van der Waals surface area contributed by atoms with Gasteiger partial charge < -0.3 is 9.47 Å². The van der Waals surface area contributed by atoms with E-state index in [2.05, 4.69) is 12.1 Å². The molecule has 4 heteroatoms. The van der Waals surface area contributed by atoms with Crippen LogP contribution in [-0.2, 0) is 11.2 Å². The lowest BCUT2D eigenvalue weighted by atomic mass is 10.0. The minimum absolute atomic E-state index is 0.0355. The van der Waals surface area contributed by atoms with Gasteiger partial charge in [0.1, 0.15) is 11.9 Å². The van der Waals surface area contributed by atoms with Gasteiger partial charge in [0.05, 0.1) is 13.2 Å². The molecule has 0 aliphatic carbocycles. The maximum atomic E-state index is 11.9. The number of ether oxygens (including phenoxy) is 2. The highest BCUT2D eigenvalue weighted by Gasteiger charge is 2.47. The zero-order valence-corrected chi connectivity index (χ0v) is 11.3. The molecule has 19 heavy (non-hydrogen) atoms. The van der Waals surface area contributed by atoms with Crippen molar-refractivity contribution >= 4 is 6.09 Å². The Bertz CT molecular complexity index is 471. The summed E-state index contributed by atoms with van der Waals surface area (Å²) in [4.78, 5) is 13.8. The number of fused-ring (bicyclic) bond motifs is 1. The number of benzene rings is 1. The summed E-state index contributed by atoms with van der Waals surface area (Å²) < 4.78 is 10.5. The average Bonchev–Trinajstić information content (AvgIpc) is 2.94. The highest BCUT2D eigenvalue weighted by Crippen LogP contribution is 2.35. The normalized spacial score (nSPS) is 29.3. The molecule has 2 aliphatic heterocycles. The summed E-state index contributed by atoms with van der Waals surface area (Å²) in [6, 6.07) is 8.61. The smallest absolute Gasteiger partial charge is 0.410 e. The molecule has 0 unspecified atom stereocenters. The van der Waals surface area contributed by atoms with Crippen LogP contribution in [0.2, 0.25) is 0 Å². The van der Waals surface area contributed by atoms with E-state index in [1.165, 1.54) is 5.56 Å². The SMILES string of the molecule is COc1ccc(C[C@@H]2CC[C@H]3[C@@H](C)OC(=O)N23)cc1. The number of carbonyl (C=O) groups excluding carboxylic acids is 1. The van der Waals surface area contributed by atoms with Crippen LogP contribution in [0.1, 0.15) is 25.3 Å². The van der Waals surface area contributed by atoms with Gasteiger partial charge in [0.2, 0.25) is 0 Å². The fourth-order valence-corrected chi connectivity index (χ4v) is 3.19. The maximum Gasteiger partial charge on any atom is 0.410 e. The molecule has 4 nitrogen and oxygen atoms in total. The van der Waals surface area contributed by atoms with Crippen LogP contribution in [0.15, 0.2) is 24.3 Å². The van der Waals surface area contributed by atoms with E-state index in [0.29, 0.717) is 0 Å². The van der Waals surface area contributed by atoms with E-state index in [-0.39, 0.29) is 24.3 Å². The Kier molecular flexibility index (Phi) is 3.09. The van der Waals surface area contributed by atoms with Gasteiger partial charge in [-0.2, -0.15) is 0 Å². The van der Waals surface area contributed by atoms with Crippen molar-refractivity contribution in [1.29, 1.82) is 0 Å². The van der Waals surface area contributed by atoms with Crippen LogP contribution >= 0.6 is 0 Å². The van der Waals surface area contributed by atoms with Crippen molar-refractivity contribution < 1.29 is 14.3 Å². The van der Waals surface area contributed by atoms with Gasteiger partial charge in [0, 0.05) is 6.04 Å². The van der Waals surface area contributed by atoms with E-state index in [9.17, 15) is 4.79 Å². The third kappa shape index (κ3) is 2.15. The molecule has 102 valence electrons. The molecule has 0 spiro atoms. The lowest BCUT2D eigenvalue weighted by Crippen LogP contribution is -2.37.